The lowest BCUT2D eigenvalue weighted by Crippen LogP contribution is -1.73. The Labute approximate surface area is 49.5 Å². The highest BCUT2D eigenvalue weighted by atomic mass is 32.8. The summed E-state index contributed by atoms with van der Waals surface area (Å²) < 4.78 is 0. The van der Waals surface area contributed by atoms with Gasteiger partial charge < -0.3 is 0 Å². The second-order valence-corrected chi connectivity index (χ2v) is 4.42. The summed E-state index contributed by atoms with van der Waals surface area (Å²) in [6.07, 6.45) is 3.28. The van der Waals surface area contributed by atoms with Crippen LogP contribution in [0.15, 0.2) is 16.7 Å². The third kappa shape index (κ3) is 0.394. The second kappa shape index (κ2) is 1.08. The van der Waals surface area contributed by atoms with Gasteiger partial charge in [0.15, 0.2) is 0 Å². The molecule has 1 heterocycles. The fraction of sp³-hybridized carbons (Fsp3) is 0.400. The quantitative estimate of drug-likeness (QED) is 0.345. The van der Waals surface area contributed by atoms with Gasteiger partial charge in [-0.2, -0.15) is 0 Å². The smallest absolute Gasteiger partial charge is 0.0568 e. The number of fused-ring (bicyclic) bond motifs is 1. The number of rotatable bonds is 0. The van der Waals surface area contributed by atoms with Gasteiger partial charge in [-0.25, -0.2) is 0 Å². The third-order valence-electron chi connectivity index (χ3n) is 1.29. The van der Waals surface area contributed by atoms with E-state index in [0.717, 1.165) is 5.25 Å². The van der Waals surface area contributed by atoms with E-state index in [-0.39, 0.29) is 9.45 Å². The largest absolute Gasteiger partial charge is 0.113 e. The first-order valence-electron chi connectivity index (χ1n) is 2.25. The molecule has 0 aromatic heterocycles. The van der Waals surface area contributed by atoms with Gasteiger partial charge in [0.2, 0.25) is 0 Å². The average molecular weight is 128 g/mol. The summed E-state index contributed by atoms with van der Waals surface area (Å²) >= 11 is 5.03. The molecule has 2 unspecified atom stereocenters. The SMILES string of the molecule is S=S1C2=C=CCC21. The molecule has 0 aromatic carbocycles. The molecule has 0 spiro atoms. The van der Waals surface area contributed by atoms with E-state index in [9.17, 15) is 0 Å². The Kier molecular flexibility index (Phi) is 0.620. The molecule has 2 atom stereocenters. The Balaban J connectivity index is 2.61. The van der Waals surface area contributed by atoms with Crippen molar-refractivity contribution in [2.45, 2.75) is 11.7 Å². The van der Waals surface area contributed by atoms with Crippen LogP contribution in [0.2, 0.25) is 0 Å². The molecular weight excluding hydrogens is 124 g/mol. The van der Waals surface area contributed by atoms with Crippen LogP contribution in [0, 0.1) is 0 Å². The monoisotopic (exact) mass is 128 g/mol. The molecule has 1 aliphatic heterocycles. The first-order chi connectivity index (χ1) is 3.39. The molecule has 0 nitrogen and oxygen atoms in total. The Hall–Kier alpha value is 0.0900. The van der Waals surface area contributed by atoms with Crippen molar-refractivity contribution in [1.82, 2.24) is 0 Å². The lowest BCUT2D eigenvalue weighted by Gasteiger charge is -1.72. The number of hydrogen-bond donors (Lipinski definition) is 0. The lowest BCUT2D eigenvalue weighted by molar-refractivity contribution is 1.16. The van der Waals surface area contributed by atoms with Crippen LogP contribution in [0.25, 0.3) is 0 Å². The molecule has 2 rings (SSSR count). The topological polar surface area (TPSA) is 0 Å². The van der Waals surface area contributed by atoms with Crippen molar-refractivity contribution < 1.29 is 0 Å². The fourth-order valence-corrected chi connectivity index (χ4v) is 3.04. The third-order valence-corrected chi connectivity index (χ3v) is 4.05. The zero-order valence-corrected chi connectivity index (χ0v) is 5.31. The normalized spacial score (nSPS) is 43.1. The highest BCUT2D eigenvalue weighted by Crippen LogP contribution is 2.38. The highest BCUT2D eigenvalue weighted by molar-refractivity contribution is 8.36. The second-order valence-electron chi connectivity index (χ2n) is 1.73. The van der Waals surface area contributed by atoms with E-state index in [1.54, 1.807) is 0 Å². The summed E-state index contributed by atoms with van der Waals surface area (Å²) in [6, 6.07) is 0. The average Bonchev–Trinajstić information content (AvgIpc) is 2.26. The van der Waals surface area contributed by atoms with Crippen molar-refractivity contribution in [3.05, 3.63) is 16.7 Å². The maximum absolute atomic E-state index is 5.03. The van der Waals surface area contributed by atoms with Crippen LogP contribution in [0.5, 0.6) is 0 Å². The van der Waals surface area contributed by atoms with E-state index in [0.29, 0.717) is 0 Å². The summed E-state index contributed by atoms with van der Waals surface area (Å²) in [5.74, 6) is 0. The predicted octanol–water partition coefficient (Wildman–Crippen LogP) is 0.891. The van der Waals surface area contributed by atoms with Crippen LogP contribution in [-0.4, -0.2) is 5.25 Å². The van der Waals surface area contributed by atoms with E-state index >= 15 is 0 Å². The molecule has 0 aromatic rings. The van der Waals surface area contributed by atoms with Gasteiger partial charge in [-0.3, -0.25) is 0 Å². The molecule has 36 valence electrons. The van der Waals surface area contributed by atoms with Crippen LogP contribution in [-0.2, 0) is 20.6 Å². The first kappa shape index (κ1) is 4.02. The summed E-state index contributed by atoms with van der Waals surface area (Å²) in [5, 5.41) is 0.773. The molecule has 0 N–H and O–H groups in total. The zero-order valence-electron chi connectivity index (χ0n) is 3.68. The van der Waals surface area contributed by atoms with Gasteiger partial charge in [0.1, 0.15) is 0 Å². The van der Waals surface area contributed by atoms with Crippen molar-refractivity contribution >= 4 is 20.6 Å². The Morgan fingerprint density at radius 3 is 3.14 bits per heavy atom. The maximum atomic E-state index is 5.03. The molecule has 0 radical (unpaired) electrons. The van der Waals surface area contributed by atoms with Crippen LogP contribution in [0.3, 0.4) is 0 Å². The van der Waals surface area contributed by atoms with Gasteiger partial charge in [-0.05, 0) is 23.7 Å². The van der Waals surface area contributed by atoms with Gasteiger partial charge in [-0.1, -0.05) is 9.45 Å². The van der Waals surface area contributed by atoms with Crippen LogP contribution >= 0.6 is 0 Å². The fourth-order valence-electron chi connectivity index (χ4n) is 0.809. The van der Waals surface area contributed by atoms with Crippen molar-refractivity contribution in [3.8, 4) is 0 Å². The van der Waals surface area contributed by atoms with E-state index < -0.39 is 0 Å². The van der Waals surface area contributed by atoms with E-state index in [1.807, 2.05) is 0 Å². The molecule has 1 fully saturated rings. The predicted molar refractivity (Wildman–Crippen MR) is 34.7 cm³/mol. The first-order valence-corrected chi connectivity index (χ1v) is 4.46. The highest BCUT2D eigenvalue weighted by Gasteiger charge is 2.37. The standard InChI is InChI=1S/C5H4S2/c6-7-4-2-1-3-5(4)7/h1,4H,2H2. The molecule has 0 amide bonds. The summed E-state index contributed by atoms with van der Waals surface area (Å²) in [7, 11) is 0.251. The zero-order chi connectivity index (χ0) is 4.85. The minimum Gasteiger partial charge on any atom is -0.113 e. The van der Waals surface area contributed by atoms with Gasteiger partial charge >= 0.3 is 0 Å². The minimum absolute atomic E-state index is 0.251. The van der Waals surface area contributed by atoms with Gasteiger partial charge in [0.25, 0.3) is 0 Å². The summed E-state index contributed by atoms with van der Waals surface area (Å²) in [6.45, 7) is 0. The van der Waals surface area contributed by atoms with Gasteiger partial charge in [0.05, 0.1) is 5.25 Å². The van der Waals surface area contributed by atoms with E-state index in [1.165, 1.54) is 11.3 Å². The molecule has 7 heavy (non-hydrogen) atoms. The molecule has 1 saturated heterocycles. The van der Waals surface area contributed by atoms with Crippen LogP contribution in [0.1, 0.15) is 6.42 Å². The van der Waals surface area contributed by atoms with Crippen LogP contribution < -0.4 is 0 Å². The van der Waals surface area contributed by atoms with E-state index in [2.05, 4.69) is 11.8 Å². The van der Waals surface area contributed by atoms with E-state index in [4.69, 9.17) is 11.2 Å². The van der Waals surface area contributed by atoms with Crippen molar-refractivity contribution in [3.63, 3.8) is 0 Å². The molecule has 2 aliphatic rings. The van der Waals surface area contributed by atoms with Gasteiger partial charge in [-0.15, -0.1) is 5.73 Å². The molecule has 0 saturated carbocycles. The Morgan fingerprint density at radius 1 is 2.00 bits per heavy atom. The lowest BCUT2D eigenvalue weighted by atomic mass is 10.4. The molecule has 0 bridgehead atoms. The summed E-state index contributed by atoms with van der Waals surface area (Å²) in [5.41, 5.74) is 3.14. The molecular formula is C5H4S2. The maximum Gasteiger partial charge on any atom is 0.0568 e. The van der Waals surface area contributed by atoms with Crippen LogP contribution in [0.4, 0.5) is 0 Å². The molecule has 2 heteroatoms. The van der Waals surface area contributed by atoms with Gasteiger partial charge in [0, 0.05) is 4.91 Å². The minimum atomic E-state index is 0.251. The molecule has 1 aliphatic carbocycles. The Bertz CT molecular complexity index is 196. The van der Waals surface area contributed by atoms with Crippen molar-refractivity contribution in [2.75, 3.05) is 0 Å². The van der Waals surface area contributed by atoms with Crippen molar-refractivity contribution in [2.24, 2.45) is 0 Å². The summed E-state index contributed by atoms with van der Waals surface area (Å²) in [4.78, 5) is 1.41. The Morgan fingerprint density at radius 2 is 2.86 bits per heavy atom. The van der Waals surface area contributed by atoms with Crippen molar-refractivity contribution in [1.29, 1.82) is 0 Å². The number of hydrogen-bond acceptors (Lipinski definition) is 1.